The van der Waals surface area contributed by atoms with E-state index in [1.807, 2.05) is 36.4 Å². The van der Waals surface area contributed by atoms with Crippen molar-refractivity contribution in [2.75, 3.05) is 11.1 Å². The van der Waals surface area contributed by atoms with E-state index in [1.165, 1.54) is 10.6 Å². The zero-order valence-corrected chi connectivity index (χ0v) is 18.6. The van der Waals surface area contributed by atoms with Gasteiger partial charge in [-0.25, -0.2) is 9.97 Å². The summed E-state index contributed by atoms with van der Waals surface area (Å²) in [7, 11) is 0. The van der Waals surface area contributed by atoms with E-state index in [0.29, 0.717) is 32.5 Å². The minimum Gasteiger partial charge on any atom is -0.309 e. The SMILES string of the molecule is Cc1nc(NC(=O)CSc2nc3ccccc3c(=O)n2-c2ccccc2)c(Cl)cc1Cl. The van der Waals surface area contributed by atoms with Gasteiger partial charge in [-0.3, -0.25) is 14.2 Å². The van der Waals surface area contributed by atoms with Gasteiger partial charge in [0.15, 0.2) is 11.0 Å². The fraction of sp³-hybridized carbons (Fsp3) is 0.0909. The fourth-order valence-corrected chi connectivity index (χ4v) is 4.18. The van der Waals surface area contributed by atoms with Crippen LogP contribution in [0.2, 0.25) is 10.0 Å². The molecule has 0 saturated heterocycles. The third-order valence-corrected chi connectivity index (χ3v) is 6.06. The van der Waals surface area contributed by atoms with Crippen LogP contribution >= 0.6 is 35.0 Å². The largest absolute Gasteiger partial charge is 0.309 e. The van der Waals surface area contributed by atoms with E-state index in [0.717, 1.165) is 11.8 Å². The Balaban J connectivity index is 1.64. The van der Waals surface area contributed by atoms with E-state index in [4.69, 9.17) is 23.2 Å². The van der Waals surface area contributed by atoms with Crippen molar-refractivity contribution >= 4 is 57.6 Å². The molecule has 2 aromatic heterocycles. The summed E-state index contributed by atoms with van der Waals surface area (Å²) < 4.78 is 1.51. The van der Waals surface area contributed by atoms with Crippen molar-refractivity contribution < 1.29 is 4.79 Å². The third-order valence-electron chi connectivity index (χ3n) is 4.45. The number of nitrogens with zero attached hydrogens (tertiary/aromatic N) is 3. The Morgan fingerprint density at radius 1 is 1.03 bits per heavy atom. The smallest absolute Gasteiger partial charge is 0.266 e. The molecule has 2 heterocycles. The van der Waals surface area contributed by atoms with Crippen molar-refractivity contribution in [1.29, 1.82) is 0 Å². The maximum atomic E-state index is 13.2. The van der Waals surface area contributed by atoms with Crippen LogP contribution in [0.1, 0.15) is 5.69 Å². The van der Waals surface area contributed by atoms with Crippen LogP contribution in [0.25, 0.3) is 16.6 Å². The highest BCUT2D eigenvalue weighted by Gasteiger charge is 2.16. The molecule has 4 aromatic rings. The van der Waals surface area contributed by atoms with Crippen molar-refractivity contribution in [2.45, 2.75) is 12.1 Å². The van der Waals surface area contributed by atoms with Gasteiger partial charge in [-0.05, 0) is 37.3 Å². The van der Waals surface area contributed by atoms with Crippen molar-refractivity contribution in [2.24, 2.45) is 0 Å². The molecule has 0 aliphatic heterocycles. The van der Waals surface area contributed by atoms with Gasteiger partial charge in [0, 0.05) is 0 Å². The number of fused-ring (bicyclic) bond motifs is 1. The third kappa shape index (κ3) is 4.58. The minimum absolute atomic E-state index is 0.0112. The molecule has 9 heteroatoms. The Labute approximate surface area is 192 Å². The van der Waals surface area contributed by atoms with Gasteiger partial charge >= 0.3 is 0 Å². The number of thioether (sulfide) groups is 1. The second-order valence-corrected chi connectivity index (χ2v) is 8.37. The zero-order valence-electron chi connectivity index (χ0n) is 16.3. The predicted octanol–water partition coefficient (Wildman–Crippen LogP) is 5.13. The monoisotopic (exact) mass is 470 g/mol. The molecule has 31 heavy (non-hydrogen) atoms. The van der Waals surface area contributed by atoms with Crippen molar-refractivity contribution in [3.63, 3.8) is 0 Å². The molecular formula is C22H16Cl2N4O2S. The number of aromatic nitrogens is 3. The van der Waals surface area contributed by atoms with E-state index in [9.17, 15) is 9.59 Å². The molecule has 0 spiro atoms. The predicted molar refractivity (Wildman–Crippen MR) is 126 cm³/mol. The summed E-state index contributed by atoms with van der Waals surface area (Å²) in [5.74, 6) is -0.0821. The number of hydrogen-bond donors (Lipinski definition) is 1. The second kappa shape index (κ2) is 9.09. The van der Waals surface area contributed by atoms with Gasteiger partial charge in [0.25, 0.3) is 5.56 Å². The van der Waals surface area contributed by atoms with Gasteiger partial charge in [0.1, 0.15) is 0 Å². The zero-order chi connectivity index (χ0) is 22.0. The lowest BCUT2D eigenvalue weighted by Gasteiger charge is -2.13. The first-order chi connectivity index (χ1) is 14.9. The summed E-state index contributed by atoms with van der Waals surface area (Å²) in [6, 6.07) is 17.9. The maximum Gasteiger partial charge on any atom is 0.266 e. The van der Waals surface area contributed by atoms with Gasteiger partial charge in [0.2, 0.25) is 5.91 Å². The number of nitrogens with one attached hydrogen (secondary N) is 1. The number of anilines is 1. The molecule has 0 atom stereocenters. The number of amides is 1. The topological polar surface area (TPSA) is 76.9 Å². The molecule has 2 aromatic carbocycles. The highest BCUT2D eigenvalue weighted by Crippen LogP contribution is 2.26. The summed E-state index contributed by atoms with van der Waals surface area (Å²) in [6.45, 7) is 1.72. The Morgan fingerprint density at radius 2 is 1.74 bits per heavy atom. The summed E-state index contributed by atoms with van der Waals surface area (Å²) in [4.78, 5) is 34.6. The number of benzene rings is 2. The van der Waals surface area contributed by atoms with Gasteiger partial charge in [-0.2, -0.15) is 0 Å². The van der Waals surface area contributed by atoms with E-state index < -0.39 is 0 Å². The molecule has 0 saturated carbocycles. The number of carbonyl (C=O) groups excluding carboxylic acids is 1. The Kier molecular flexibility index (Phi) is 6.27. The highest BCUT2D eigenvalue weighted by atomic mass is 35.5. The van der Waals surface area contributed by atoms with E-state index >= 15 is 0 Å². The number of hydrogen-bond acceptors (Lipinski definition) is 5. The van der Waals surface area contributed by atoms with Crippen molar-refractivity contribution in [3.05, 3.63) is 86.8 Å². The summed E-state index contributed by atoms with van der Waals surface area (Å²) in [5, 5.41) is 4.27. The van der Waals surface area contributed by atoms with Crippen LogP contribution in [0.4, 0.5) is 5.82 Å². The average Bonchev–Trinajstić information content (AvgIpc) is 2.77. The second-order valence-electron chi connectivity index (χ2n) is 6.61. The first-order valence-electron chi connectivity index (χ1n) is 9.26. The Morgan fingerprint density at radius 3 is 2.52 bits per heavy atom. The quantitative estimate of drug-likeness (QED) is 0.323. The van der Waals surface area contributed by atoms with Gasteiger partial charge in [0.05, 0.1) is 38.1 Å². The number of halogens is 2. The van der Waals surface area contributed by atoms with Crippen LogP contribution in [0.3, 0.4) is 0 Å². The number of para-hydroxylation sites is 2. The van der Waals surface area contributed by atoms with Crippen LogP contribution in [0.15, 0.2) is 70.6 Å². The normalized spacial score (nSPS) is 10.9. The Bertz CT molecular complexity index is 1340. The van der Waals surface area contributed by atoms with E-state index in [2.05, 4.69) is 15.3 Å². The fourth-order valence-electron chi connectivity index (χ4n) is 2.96. The van der Waals surface area contributed by atoms with E-state index in [1.54, 1.807) is 25.1 Å². The molecule has 1 amide bonds. The van der Waals surface area contributed by atoms with Crippen molar-refractivity contribution in [3.8, 4) is 5.69 Å². The van der Waals surface area contributed by atoms with Crippen LogP contribution in [0.5, 0.6) is 0 Å². The first-order valence-corrected chi connectivity index (χ1v) is 11.0. The molecule has 0 fully saturated rings. The highest BCUT2D eigenvalue weighted by molar-refractivity contribution is 7.99. The maximum absolute atomic E-state index is 13.2. The molecule has 0 bridgehead atoms. The van der Waals surface area contributed by atoms with Crippen LogP contribution < -0.4 is 10.9 Å². The number of rotatable bonds is 5. The number of carbonyl (C=O) groups is 1. The molecule has 4 rings (SSSR count). The molecule has 0 aliphatic carbocycles. The minimum atomic E-state index is -0.330. The lowest BCUT2D eigenvalue weighted by molar-refractivity contribution is -0.113. The van der Waals surface area contributed by atoms with Crippen LogP contribution in [0, 0.1) is 6.92 Å². The van der Waals surface area contributed by atoms with E-state index in [-0.39, 0.29) is 28.1 Å². The lowest BCUT2D eigenvalue weighted by Crippen LogP contribution is -2.23. The van der Waals surface area contributed by atoms with Gasteiger partial charge in [-0.15, -0.1) is 0 Å². The molecule has 0 aliphatic rings. The van der Waals surface area contributed by atoms with Gasteiger partial charge < -0.3 is 5.32 Å². The molecule has 156 valence electrons. The summed E-state index contributed by atoms with van der Waals surface area (Å²) >= 11 is 13.3. The summed E-state index contributed by atoms with van der Waals surface area (Å²) in [6.07, 6.45) is 0. The molecule has 0 radical (unpaired) electrons. The van der Waals surface area contributed by atoms with Crippen LogP contribution in [-0.4, -0.2) is 26.2 Å². The van der Waals surface area contributed by atoms with Crippen LogP contribution in [-0.2, 0) is 4.79 Å². The van der Waals surface area contributed by atoms with Gasteiger partial charge in [-0.1, -0.05) is 65.3 Å². The standard InChI is InChI=1S/C22H16Cl2N4O2S/c1-13-16(23)11-17(24)20(25-13)27-19(29)12-31-22-26-18-10-6-5-9-15(18)21(30)28(22)14-7-3-2-4-8-14/h2-11H,12H2,1H3,(H,25,27,29). The molecule has 6 nitrogen and oxygen atoms in total. The molecule has 1 N–H and O–H groups in total. The molecular weight excluding hydrogens is 455 g/mol. The Hall–Kier alpha value is -2.87. The molecule has 0 unspecified atom stereocenters. The summed E-state index contributed by atoms with van der Waals surface area (Å²) in [5.41, 5.74) is 1.60. The lowest BCUT2D eigenvalue weighted by atomic mass is 10.2. The number of aryl methyl sites for hydroxylation is 1. The first kappa shape index (κ1) is 21.4. The van der Waals surface area contributed by atoms with Crippen molar-refractivity contribution in [1.82, 2.24) is 14.5 Å². The number of pyridine rings is 1. The average molecular weight is 471 g/mol.